The van der Waals surface area contributed by atoms with Crippen molar-refractivity contribution in [1.82, 2.24) is 9.80 Å². The van der Waals surface area contributed by atoms with Gasteiger partial charge in [0.15, 0.2) is 0 Å². The van der Waals surface area contributed by atoms with E-state index in [0.717, 1.165) is 38.5 Å². The van der Waals surface area contributed by atoms with Gasteiger partial charge in [-0.2, -0.15) is 0 Å². The molecular formula is C34H44Br2N2O4. The second-order valence-corrected chi connectivity index (χ2v) is 13.5. The fourth-order valence-electron chi connectivity index (χ4n) is 6.28. The van der Waals surface area contributed by atoms with Gasteiger partial charge < -0.3 is 0 Å². The number of carbonyl (C=O) groups excluding carboxylic acids is 4. The van der Waals surface area contributed by atoms with Gasteiger partial charge in [-0.25, -0.2) is 0 Å². The Morgan fingerprint density at radius 1 is 0.476 bits per heavy atom. The van der Waals surface area contributed by atoms with Gasteiger partial charge in [0.05, 0.1) is 11.1 Å². The summed E-state index contributed by atoms with van der Waals surface area (Å²) in [4.78, 5) is 57.3. The predicted molar refractivity (Wildman–Crippen MR) is 175 cm³/mol. The highest BCUT2D eigenvalue weighted by atomic mass is 79.9. The lowest BCUT2D eigenvalue weighted by Crippen LogP contribution is -2.44. The standard InChI is InChI=1S/C34H44Br2N2O4/c1-3-5-7-9-11-13-15-17-19-37-31(39)23-21-26(36)30-28-24(22-25(35)29(27(23)28)33(37)41)32(40)38(34(30)42)20-18-16-14-12-10-8-6-4-2/h21-22H,3-20H2,1-2H3. The van der Waals surface area contributed by atoms with Crippen LogP contribution in [0, 0.1) is 0 Å². The van der Waals surface area contributed by atoms with E-state index in [2.05, 4.69) is 45.7 Å². The number of rotatable bonds is 18. The maximum atomic E-state index is 13.7. The van der Waals surface area contributed by atoms with Crippen molar-refractivity contribution in [2.24, 2.45) is 0 Å². The lowest BCUT2D eigenvalue weighted by Gasteiger charge is -2.33. The van der Waals surface area contributed by atoms with E-state index in [4.69, 9.17) is 0 Å². The van der Waals surface area contributed by atoms with Crippen LogP contribution in [-0.4, -0.2) is 46.5 Å². The molecule has 4 rings (SSSR count). The van der Waals surface area contributed by atoms with Gasteiger partial charge in [0.1, 0.15) is 0 Å². The maximum absolute atomic E-state index is 13.7. The van der Waals surface area contributed by atoms with Crippen LogP contribution < -0.4 is 0 Å². The second-order valence-electron chi connectivity index (χ2n) is 11.8. The normalized spacial score (nSPS) is 14.6. The molecule has 2 aliphatic heterocycles. The molecule has 0 fully saturated rings. The number of imide groups is 2. The lowest BCUT2D eigenvalue weighted by atomic mass is 9.85. The number of unbranched alkanes of at least 4 members (excludes halogenated alkanes) is 14. The van der Waals surface area contributed by atoms with Crippen molar-refractivity contribution in [2.75, 3.05) is 13.1 Å². The minimum absolute atomic E-state index is 0.353. The van der Waals surface area contributed by atoms with Crippen molar-refractivity contribution in [3.05, 3.63) is 43.3 Å². The summed E-state index contributed by atoms with van der Waals surface area (Å²) >= 11 is 7.10. The van der Waals surface area contributed by atoms with Crippen molar-refractivity contribution in [1.29, 1.82) is 0 Å². The number of halogens is 2. The Kier molecular flexibility index (Phi) is 12.2. The van der Waals surface area contributed by atoms with E-state index in [9.17, 15) is 19.2 Å². The van der Waals surface area contributed by atoms with Crippen molar-refractivity contribution in [3.63, 3.8) is 0 Å². The minimum Gasteiger partial charge on any atom is -0.274 e. The molecule has 0 saturated heterocycles. The highest BCUT2D eigenvalue weighted by molar-refractivity contribution is 9.10. The first-order valence-electron chi connectivity index (χ1n) is 16.0. The maximum Gasteiger partial charge on any atom is 0.262 e. The third-order valence-electron chi connectivity index (χ3n) is 8.65. The van der Waals surface area contributed by atoms with Crippen LogP contribution in [0.5, 0.6) is 0 Å². The summed E-state index contributed by atoms with van der Waals surface area (Å²) < 4.78 is 0.959. The lowest BCUT2D eigenvalue weighted by molar-refractivity contribution is 0.0585. The molecular weight excluding hydrogens is 660 g/mol. The van der Waals surface area contributed by atoms with E-state index in [1.54, 1.807) is 12.1 Å². The quantitative estimate of drug-likeness (QED) is 0.114. The molecule has 6 nitrogen and oxygen atoms in total. The third kappa shape index (κ3) is 7.01. The average molecular weight is 705 g/mol. The molecule has 0 radical (unpaired) electrons. The molecule has 0 spiro atoms. The third-order valence-corrected chi connectivity index (χ3v) is 9.90. The molecule has 8 heteroatoms. The number of hydrogen-bond donors (Lipinski definition) is 0. The highest BCUT2D eigenvalue weighted by Crippen LogP contribution is 2.44. The number of benzene rings is 2. The summed E-state index contributed by atoms with van der Waals surface area (Å²) in [5.41, 5.74) is 1.42. The van der Waals surface area contributed by atoms with Crippen LogP contribution in [0.1, 0.15) is 158 Å². The van der Waals surface area contributed by atoms with Crippen molar-refractivity contribution in [2.45, 2.75) is 117 Å². The first-order valence-corrected chi connectivity index (χ1v) is 17.6. The van der Waals surface area contributed by atoms with Crippen LogP contribution in [0.4, 0.5) is 0 Å². The van der Waals surface area contributed by atoms with Gasteiger partial charge in [-0.05, 0) is 56.8 Å². The zero-order valence-electron chi connectivity index (χ0n) is 25.2. The Morgan fingerprint density at radius 3 is 1.12 bits per heavy atom. The minimum atomic E-state index is -0.372. The van der Waals surface area contributed by atoms with Crippen molar-refractivity contribution < 1.29 is 19.2 Å². The molecule has 0 atom stereocenters. The molecule has 4 amide bonds. The molecule has 42 heavy (non-hydrogen) atoms. The number of nitrogens with zero attached hydrogens (tertiary/aromatic N) is 2. The van der Waals surface area contributed by atoms with Crippen LogP contribution in [-0.2, 0) is 0 Å². The van der Waals surface area contributed by atoms with Crippen molar-refractivity contribution >= 4 is 66.3 Å². The molecule has 0 N–H and O–H groups in total. The van der Waals surface area contributed by atoms with Crippen molar-refractivity contribution in [3.8, 4) is 0 Å². The topological polar surface area (TPSA) is 74.8 Å². The van der Waals surface area contributed by atoms with Gasteiger partial charge >= 0.3 is 0 Å². The van der Waals surface area contributed by atoms with Gasteiger partial charge in [-0.15, -0.1) is 0 Å². The smallest absolute Gasteiger partial charge is 0.262 e. The second kappa shape index (κ2) is 15.6. The van der Waals surface area contributed by atoms with E-state index in [-0.39, 0.29) is 23.6 Å². The number of hydrogen-bond acceptors (Lipinski definition) is 4. The summed E-state index contributed by atoms with van der Waals surface area (Å²) in [6, 6.07) is 3.32. The number of amides is 4. The molecule has 2 heterocycles. The van der Waals surface area contributed by atoms with Gasteiger partial charge in [0.25, 0.3) is 23.6 Å². The summed E-state index contributed by atoms with van der Waals surface area (Å²) in [6.45, 7) is 5.12. The summed E-state index contributed by atoms with van der Waals surface area (Å²) in [6.07, 6.45) is 17.9. The van der Waals surface area contributed by atoms with E-state index in [0.29, 0.717) is 55.1 Å². The molecule has 2 aliphatic rings. The van der Waals surface area contributed by atoms with Crippen LogP contribution in [0.25, 0.3) is 10.8 Å². The Labute approximate surface area is 267 Å². The van der Waals surface area contributed by atoms with Gasteiger partial charge in [0, 0.05) is 43.9 Å². The molecule has 228 valence electrons. The summed E-state index contributed by atoms with van der Waals surface area (Å²) in [7, 11) is 0. The molecule has 2 aromatic carbocycles. The molecule has 0 unspecified atom stereocenters. The molecule has 0 bridgehead atoms. The fourth-order valence-corrected chi connectivity index (χ4v) is 7.48. The van der Waals surface area contributed by atoms with Gasteiger partial charge in [-0.1, -0.05) is 104 Å². The van der Waals surface area contributed by atoms with E-state index in [1.165, 1.54) is 74.0 Å². The van der Waals surface area contributed by atoms with E-state index in [1.807, 2.05) is 0 Å². The Balaban J connectivity index is 1.50. The average Bonchev–Trinajstić information content (AvgIpc) is 2.96. The largest absolute Gasteiger partial charge is 0.274 e. The Hall–Kier alpha value is -2.06. The highest BCUT2D eigenvalue weighted by Gasteiger charge is 2.41. The zero-order chi connectivity index (χ0) is 30.2. The monoisotopic (exact) mass is 702 g/mol. The number of carbonyl (C=O) groups is 4. The predicted octanol–water partition coefficient (Wildman–Crippen LogP) is 9.84. The van der Waals surface area contributed by atoms with Crippen LogP contribution in [0.2, 0.25) is 0 Å². The molecule has 2 aromatic rings. The fraction of sp³-hybridized carbons (Fsp3) is 0.588. The Morgan fingerprint density at radius 2 is 0.786 bits per heavy atom. The summed E-state index contributed by atoms with van der Waals surface area (Å²) in [5.74, 6) is -1.48. The van der Waals surface area contributed by atoms with Crippen LogP contribution in [0.3, 0.4) is 0 Å². The van der Waals surface area contributed by atoms with E-state index >= 15 is 0 Å². The first-order chi connectivity index (χ1) is 20.3. The summed E-state index contributed by atoms with van der Waals surface area (Å²) in [5, 5.41) is 0.821. The van der Waals surface area contributed by atoms with Gasteiger partial charge in [0.2, 0.25) is 0 Å². The molecule has 0 aromatic heterocycles. The van der Waals surface area contributed by atoms with Crippen LogP contribution >= 0.6 is 31.9 Å². The van der Waals surface area contributed by atoms with E-state index < -0.39 is 0 Å². The molecule has 0 saturated carbocycles. The molecule has 0 aliphatic carbocycles. The van der Waals surface area contributed by atoms with Gasteiger partial charge in [-0.3, -0.25) is 29.0 Å². The zero-order valence-corrected chi connectivity index (χ0v) is 28.3. The SMILES string of the molecule is CCCCCCCCCCN1C(=O)c2cc(Br)c3c4c(cc(Br)c(c24)C1=O)C(=O)N(CCCCCCCCCC)C3=O. The van der Waals surface area contributed by atoms with Crippen LogP contribution in [0.15, 0.2) is 21.1 Å². The first kappa shape index (κ1) is 32.8. The Bertz CT molecular complexity index is 1240.